The van der Waals surface area contributed by atoms with Gasteiger partial charge in [0, 0.05) is 13.1 Å². The second-order valence-electron chi connectivity index (χ2n) is 8.27. The Kier molecular flexibility index (Phi) is 8.99. The first-order valence-corrected chi connectivity index (χ1v) is 12.0. The highest BCUT2D eigenvalue weighted by molar-refractivity contribution is 6.40. The molecule has 39 heavy (non-hydrogen) atoms. The maximum Gasteiger partial charge on any atom is 0.343 e. The third-order valence-electron chi connectivity index (χ3n) is 5.69. The second-order valence-corrected chi connectivity index (χ2v) is 8.27. The number of carbonyl (C=O) groups is 4. The Labute approximate surface area is 224 Å². The zero-order valence-electron chi connectivity index (χ0n) is 21.1. The first-order chi connectivity index (χ1) is 19.0. The van der Waals surface area contributed by atoms with Gasteiger partial charge in [-0.15, -0.1) is 0 Å². The Morgan fingerprint density at radius 1 is 0.897 bits per heavy atom. The van der Waals surface area contributed by atoms with Crippen molar-refractivity contribution in [3.8, 4) is 11.5 Å². The van der Waals surface area contributed by atoms with Crippen molar-refractivity contribution in [1.29, 1.82) is 0 Å². The van der Waals surface area contributed by atoms with Crippen LogP contribution in [0.25, 0.3) is 0 Å². The average molecular weight is 531 g/mol. The number of hydrogen-bond acceptors (Lipinski definition) is 8. The smallest absolute Gasteiger partial charge is 0.343 e. The zero-order valence-corrected chi connectivity index (χ0v) is 21.1. The summed E-state index contributed by atoms with van der Waals surface area (Å²) in [5.41, 5.74) is 3.52. The van der Waals surface area contributed by atoms with E-state index in [1.807, 2.05) is 0 Å². The third-order valence-corrected chi connectivity index (χ3v) is 5.69. The fraction of sp³-hybridized carbons (Fsp3) is 0.179. The van der Waals surface area contributed by atoms with Gasteiger partial charge in [-0.1, -0.05) is 30.3 Å². The molecule has 0 bridgehead atoms. The van der Waals surface area contributed by atoms with Crippen molar-refractivity contribution in [3.05, 3.63) is 89.5 Å². The van der Waals surface area contributed by atoms with Gasteiger partial charge in [0.05, 0.1) is 43.4 Å². The summed E-state index contributed by atoms with van der Waals surface area (Å²) in [4.78, 5) is 51.6. The van der Waals surface area contributed by atoms with Crippen molar-refractivity contribution in [2.24, 2.45) is 5.10 Å². The highest BCUT2D eigenvalue weighted by atomic mass is 16.6. The van der Waals surface area contributed by atoms with Crippen molar-refractivity contribution in [3.63, 3.8) is 0 Å². The summed E-state index contributed by atoms with van der Waals surface area (Å²) >= 11 is 0. The molecule has 0 aliphatic carbocycles. The number of para-hydroxylation sites is 1. The maximum absolute atomic E-state index is 12.9. The molecule has 0 radical (unpaired) electrons. The first kappa shape index (κ1) is 27.0. The third kappa shape index (κ3) is 7.05. The SMILES string of the molecule is COc1cc(C=NNC(=O)C(=O)Nc2ccccc2C(=O)N2CCOCC2)ccc1OC(=O)c1ccccc1. The zero-order chi connectivity index (χ0) is 27.6. The molecule has 11 heteroatoms. The quantitative estimate of drug-likeness (QED) is 0.158. The minimum Gasteiger partial charge on any atom is -0.493 e. The Hall–Kier alpha value is -5.03. The van der Waals surface area contributed by atoms with E-state index in [9.17, 15) is 19.2 Å². The standard InChI is InChI=1S/C28H26N4O7/c1-37-24-17-19(11-12-23(24)39-28(36)20-7-3-2-4-8-20)18-29-31-26(34)25(33)30-22-10-6-5-9-21(22)27(35)32-13-15-38-16-14-32/h2-12,17-18H,13-16H2,1H3,(H,30,33)(H,31,34). The molecule has 1 aliphatic rings. The highest BCUT2D eigenvalue weighted by Gasteiger charge is 2.23. The Bertz CT molecular complexity index is 1390. The minimum atomic E-state index is -1.03. The summed E-state index contributed by atoms with van der Waals surface area (Å²) in [6.07, 6.45) is 1.30. The molecule has 3 aromatic rings. The van der Waals surface area contributed by atoms with Gasteiger partial charge in [0.1, 0.15) is 0 Å². The molecule has 2 N–H and O–H groups in total. The number of anilines is 1. The number of nitrogens with one attached hydrogen (secondary N) is 2. The van der Waals surface area contributed by atoms with Gasteiger partial charge < -0.3 is 24.4 Å². The number of hydrogen-bond donors (Lipinski definition) is 2. The molecule has 0 saturated carbocycles. The molecular formula is C28H26N4O7. The molecule has 11 nitrogen and oxygen atoms in total. The highest BCUT2D eigenvalue weighted by Crippen LogP contribution is 2.28. The van der Waals surface area contributed by atoms with E-state index in [-0.39, 0.29) is 28.7 Å². The Morgan fingerprint density at radius 2 is 1.62 bits per heavy atom. The normalized spacial score (nSPS) is 13.0. The number of carbonyl (C=O) groups excluding carboxylic acids is 4. The lowest BCUT2D eigenvalue weighted by Gasteiger charge is -2.27. The second kappa shape index (κ2) is 13.0. The van der Waals surface area contributed by atoms with E-state index < -0.39 is 17.8 Å². The van der Waals surface area contributed by atoms with E-state index in [0.717, 1.165) is 0 Å². The van der Waals surface area contributed by atoms with Crippen molar-refractivity contribution >= 4 is 35.6 Å². The van der Waals surface area contributed by atoms with Crippen LogP contribution in [0.3, 0.4) is 0 Å². The van der Waals surface area contributed by atoms with E-state index in [0.29, 0.717) is 37.4 Å². The molecule has 0 atom stereocenters. The summed E-state index contributed by atoms with van der Waals surface area (Å²) in [5, 5.41) is 6.28. The van der Waals surface area contributed by atoms with Gasteiger partial charge in [0.15, 0.2) is 11.5 Å². The van der Waals surface area contributed by atoms with Crippen LogP contribution in [0.15, 0.2) is 77.9 Å². The molecule has 0 spiro atoms. The van der Waals surface area contributed by atoms with Crippen LogP contribution >= 0.6 is 0 Å². The average Bonchev–Trinajstić information content (AvgIpc) is 2.98. The number of rotatable bonds is 7. The fourth-order valence-corrected chi connectivity index (χ4v) is 3.69. The molecule has 1 fully saturated rings. The van der Waals surface area contributed by atoms with Gasteiger partial charge in [-0.2, -0.15) is 5.10 Å². The minimum absolute atomic E-state index is 0.206. The fourth-order valence-electron chi connectivity index (χ4n) is 3.69. The van der Waals surface area contributed by atoms with Crippen LogP contribution in [0, 0.1) is 0 Å². The Balaban J connectivity index is 1.35. The number of amides is 3. The van der Waals surface area contributed by atoms with Crippen molar-refractivity contribution in [2.45, 2.75) is 0 Å². The lowest BCUT2D eigenvalue weighted by atomic mass is 10.1. The summed E-state index contributed by atoms with van der Waals surface area (Å²) in [6, 6.07) is 19.6. The molecule has 4 rings (SSSR count). The van der Waals surface area contributed by atoms with Crippen LogP contribution in [0.5, 0.6) is 11.5 Å². The van der Waals surface area contributed by atoms with E-state index in [4.69, 9.17) is 14.2 Å². The molecule has 1 saturated heterocycles. The molecular weight excluding hydrogens is 504 g/mol. The number of methoxy groups -OCH3 is 1. The van der Waals surface area contributed by atoms with E-state index in [1.54, 1.807) is 71.6 Å². The summed E-state index contributed by atoms with van der Waals surface area (Å²) in [7, 11) is 1.42. The molecule has 3 aromatic carbocycles. The van der Waals surface area contributed by atoms with Crippen LogP contribution in [0.1, 0.15) is 26.3 Å². The molecule has 1 aliphatic heterocycles. The number of esters is 1. The topological polar surface area (TPSA) is 136 Å². The largest absolute Gasteiger partial charge is 0.493 e. The summed E-state index contributed by atoms with van der Waals surface area (Å²) < 4.78 is 16.0. The summed E-state index contributed by atoms with van der Waals surface area (Å²) in [6.45, 7) is 1.76. The van der Waals surface area contributed by atoms with Gasteiger partial charge in [-0.05, 0) is 48.0 Å². The number of benzene rings is 3. The van der Waals surface area contributed by atoms with E-state index in [2.05, 4.69) is 15.8 Å². The van der Waals surface area contributed by atoms with Crippen LogP contribution in [-0.2, 0) is 14.3 Å². The number of morpholine rings is 1. The van der Waals surface area contributed by atoms with Gasteiger partial charge in [-0.3, -0.25) is 14.4 Å². The lowest BCUT2D eigenvalue weighted by Crippen LogP contribution is -2.41. The van der Waals surface area contributed by atoms with Crippen molar-refractivity contribution in [1.82, 2.24) is 10.3 Å². The van der Waals surface area contributed by atoms with Gasteiger partial charge >= 0.3 is 17.8 Å². The van der Waals surface area contributed by atoms with Crippen LogP contribution in [-0.4, -0.2) is 68.2 Å². The predicted molar refractivity (Wildman–Crippen MR) is 142 cm³/mol. The number of hydrazone groups is 1. The predicted octanol–water partition coefficient (Wildman–Crippen LogP) is 2.48. The van der Waals surface area contributed by atoms with Gasteiger partial charge in [0.25, 0.3) is 5.91 Å². The Morgan fingerprint density at radius 3 is 2.36 bits per heavy atom. The molecule has 0 unspecified atom stereocenters. The summed E-state index contributed by atoms with van der Waals surface area (Å²) in [5.74, 6) is -2.34. The molecule has 3 amide bonds. The van der Waals surface area contributed by atoms with Crippen LogP contribution in [0.4, 0.5) is 5.69 Å². The maximum atomic E-state index is 12.9. The molecule has 200 valence electrons. The molecule has 1 heterocycles. The van der Waals surface area contributed by atoms with Gasteiger partial charge in [-0.25, -0.2) is 10.2 Å². The number of ether oxygens (including phenoxy) is 3. The van der Waals surface area contributed by atoms with Crippen molar-refractivity contribution < 1.29 is 33.4 Å². The lowest BCUT2D eigenvalue weighted by molar-refractivity contribution is -0.136. The van der Waals surface area contributed by atoms with Crippen molar-refractivity contribution in [2.75, 3.05) is 38.7 Å². The first-order valence-electron chi connectivity index (χ1n) is 12.0. The van der Waals surface area contributed by atoms with E-state index in [1.165, 1.54) is 19.4 Å². The molecule has 0 aromatic heterocycles. The van der Waals surface area contributed by atoms with Gasteiger partial charge in [0.2, 0.25) is 0 Å². The monoisotopic (exact) mass is 530 g/mol. The van der Waals surface area contributed by atoms with Crippen LogP contribution < -0.4 is 20.2 Å². The number of nitrogens with zero attached hydrogens (tertiary/aromatic N) is 2. The van der Waals surface area contributed by atoms with Crippen LogP contribution in [0.2, 0.25) is 0 Å². The van der Waals surface area contributed by atoms with E-state index >= 15 is 0 Å².